The Morgan fingerprint density at radius 2 is 1.17 bits per heavy atom. The molecule has 6 aromatic carbocycles. The van der Waals surface area contributed by atoms with Gasteiger partial charge in [-0.25, -0.2) is 37.4 Å². The van der Waals surface area contributed by atoms with Crippen LogP contribution in [0.15, 0.2) is 109 Å². The van der Waals surface area contributed by atoms with Crippen LogP contribution in [0.4, 0.5) is 23.2 Å². The summed E-state index contributed by atoms with van der Waals surface area (Å²) in [7, 11) is 0. The second-order valence-electron chi connectivity index (χ2n) is 11.8. The first-order chi connectivity index (χ1) is 25.3. The SMILES string of the molecule is [C-]#[N+]c1ccc(-c2nc3ccc4c(-c5cccc(-c6c(F)c(F)c(C#N)c(F)c6F)c5)nc5ccccc5c4c3nc2-c2ccc(C#N)cc2)cc1. The highest BCUT2D eigenvalue weighted by Gasteiger charge is 2.27. The molecule has 0 saturated heterocycles. The van der Waals surface area contributed by atoms with E-state index in [0.717, 1.165) is 10.9 Å². The fourth-order valence-corrected chi connectivity index (χ4v) is 6.38. The van der Waals surface area contributed by atoms with Gasteiger partial charge in [-0.15, -0.1) is 0 Å². The van der Waals surface area contributed by atoms with E-state index in [-0.39, 0.29) is 5.56 Å². The van der Waals surface area contributed by atoms with Crippen LogP contribution in [0, 0.1) is 52.5 Å². The van der Waals surface area contributed by atoms with Gasteiger partial charge in [0.1, 0.15) is 11.6 Å². The van der Waals surface area contributed by atoms with Crippen molar-refractivity contribution in [1.29, 1.82) is 10.5 Å². The van der Waals surface area contributed by atoms with Crippen LogP contribution >= 0.6 is 0 Å². The number of hydrogen-bond acceptors (Lipinski definition) is 5. The minimum Gasteiger partial charge on any atom is -0.247 e. The van der Waals surface area contributed by atoms with Crippen molar-refractivity contribution < 1.29 is 17.6 Å². The molecule has 0 radical (unpaired) electrons. The summed E-state index contributed by atoms with van der Waals surface area (Å²) in [5.41, 5.74) is 3.50. The van der Waals surface area contributed by atoms with Gasteiger partial charge in [-0.3, -0.25) is 0 Å². The summed E-state index contributed by atoms with van der Waals surface area (Å²) >= 11 is 0. The second-order valence-corrected chi connectivity index (χ2v) is 11.8. The van der Waals surface area contributed by atoms with E-state index in [0.29, 0.717) is 66.8 Å². The smallest absolute Gasteiger partial charge is 0.187 e. The minimum atomic E-state index is -1.78. The Kier molecular flexibility index (Phi) is 7.60. The number of fused-ring (bicyclic) bond motifs is 5. The maximum atomic E-state index is 15.2. The van der Waals surface area contributed by atoms with Crippen LogP contribution in [0.1, 0.15) is 11.1 Å². The topological polar surface area (TPSA) is 90.6 Å². The van der Waals surface area contributed by atoms with Gasteiger partial charge in [-0.1, -0.05) is 72.8 Å². The summed E-state index contributed by atoms with van der Waals surface area (Å²) in [6.45, 7) is 7.36. The van der Waals surface area contributed by atoms with Crippen LogP contribution in [0.25, 0.3) is 82.5 Å². The number of rotatable bonds is 4. The van der Waals surface area contributed by atoms with Crippen molar-refractivity contribution in [1.82, 2.24) is 15.0 Å². The fourth-order valence-electron chi connectivity index (χ4n) is 6.38. The number of halogens is 4. The molecule has 0 aliphatic rings. The molecule has 0 aliphatic carbocycles. The zero-order valence-electron chi connectivity index (χ0n) is 26.6. The Hall–Kier alpha value is -7.48. The maximum Gasteiger partial charge on any atom is 0.187 e. The van der Waals surface area contributed by atoms with Gasteiger partial charge in [0.05, 0.1) is 57.4 Å². The third kappa shape index (κ3) is 5.05. The summed E-state index contributed by atoms with van der Waals surface area (Å²) in [5, 5.41) is 20.5. The lowest BCUT2D eigenvalue weighted by Crippen LogP contribution is -2.04. The lowest BCUT2D eigenvalue weighted by molar-refractivity contribution is 0.454. The third-order valence-corrected chi connectivity index (χ3v) is 8.85. The molecule has 0 amide bonds. The van der Waals surface area contributed by atoms with Crippen LogP contribution in [-0.4, -0.2) is 15.0 Å². The fraction of sp³-hybridized carbons (Fsp3) is 0. The number of pyridine rings is 1. The van der Waals surface area contributed by atoms with Gasteiger partial charge in [0, 0.05) is 27.3 Å². The van der Waals surface area contributed by atoms with E-state index in [4.69, 9.17) is 26.8 Å². The third-order valence-electron chi connectivity index (χ3n) is 8.85. The predicted molar refractivity (Wildman–Crippen MR) is 190 cm³/mol. The van der Waals surface area contributed by atoms with Gasteiger partial charge < -0.3 is 0 Å². The van der Waals surface area contributed by atoms with Crippen LogP contribution in [-0.2, 0) is 0 Å². The van der Waals surface area contributed by atoms with Crippen molar-refractivity contribution in [2.45, 2.75) is 0 Å². The number of benzene rings is 6. The zero-order valence-corrected chi connectivity index (χ0v) is 26.6. The highest BCUT2D eigenvalue weighted by Crippen LogP contribution is 2.40. The van der Waals surface area contributed by atoms with Crippen LogP contribution < -0.4 is 0 Å². The molecule has 0 atom stereocenters. The Bertz CT molecular complexity index is 2890. The molecule has 0 bridgehead atoms. The molecule has 52 heavy (non-hydrogen) atoms. The molecule has 0 saturated carbocycles. The molecule has 0 N–H and O–H groups in total. The lowest BCUT2D eigenvalue weighted by Gasteiger charge is -2.16. The quantitative estimate of drug-likeness (QED) is 0.0797. The van der Waals surface area contributed by atoms with Crippen molar-refractivity contribution >= 4 is 38.4 Å². The standard InChI is InChI=1S/C42H18F4N6/c1-49-27-15-13-24(14-16-27)40-41(23-11-9-22(20-47)10-12-23)52-42-32(51-40)18-17-29-34(42)28-7-2-3-8-31(28)50-39(29)26-6-4-5-25(19-26)33-37(45)35(43)30(21-48)36(44)38(33)46/h2-19H. The van der Waals surface area contributed by atoms with Gasteiger partial charge in [0.15, 0.2) is 29.0 Å². The molecule has 0 spiro atoms. The number of hydrogen-bond donors (Lipinski definition) is 0. The molecule has 0 fully saturated rings. The molecule has 6 nitrogen and oxygen atoms in total. The van der Waals surface area contributed by atoms with Crippen molar-refractivity contribution in [2.24, 2.45) is 0 Å². The Balaban J connectivity index is 1.42. The summed E-state index contributed by atoms with van der Waals surface area (Å²) in [4.78, 5) is 18.7. The number of para-hydroxylation sites is 1. The molecule has 8 aromatic rings. The lowest BCUT2D eigenvalue weighted by atomic mass is 9.95. The maximum absolute atomic E-state index is 15.2. The van der Waals surface area contributed by atoms with E-state index in [1.165, 1.54) is 24.3 Å². The second kappa shape index (κ2) is 12.4. The van der Waals surface area contributed by atoms with Gasteiger partial charge in [0.2, 0.25) is 0 Å². The summed E-state index contributed by atoms with van der Waals surface area (Å²) in [5.74, 6) is -6.91. The molecule has 2 aromatic heterocycles. The van der Waals surface area contributed by atoms with Crippen LogP contribution in [0.2, 0.25) is 0 Å². The first kappa shape index (κ1) is 31.8. The van der Waals surface area contributed by atoms with Crippen LogP contribution in [0.5, 0.6) is 0 Å². The molecule has 10 heteroatoms. The van der Waals surface area contributed by atoms with E-state index >= 15 is 8.78 Å². The van der Waals surface area contributed by atoms with Crippen molar-refractivity contribution in [3.8, 4) is 57.0 Å². The highest BCUT2D eigenvalue weighted by molar-refractivity contribution is 6.21. The number of nitriles is 2. The van der Waals surface area contributed by atoms with Gasteiger partial charge in [0.25, 0.3) is 0 Å². The average molecular weight is 683 g/mol. The molecule has 244 valence electrons. The Labute approximate surface area is 293 Å². The predicted octanol–water partition coefficient (Wildman–Crippen LogP) is 10.8. The Morgan fingerprint density at radius 3 is 1.85 bits per heavy atom. The van der Waals surface area contributed by atoms with E-state index < -0.39 is 34.4 Å². The molecular weight excluding hydrogens is 664 g/mol. The first-order valence-corrected chi connectivity index (χ1v) is 15.7. The van der Waals surface area contributed by atoms with Crippen molar-refractivity contribution in [3.05, 3.63) is 155 Å². The summed E-state index contributed by atoms with van der Waals surface area (Å²) in [6, 6.07) is 34.2. The summed E-state index contributed by atoms with van der Waals surface area (Å²) < 4.78 is 59.6. The summed E-state index contributed by atoms with van der Waals surface area (Å²) in [6.07, 6.45) is 0. The van der Waals surface area contributed by atoms with E-state index in [9.17, 15) is 14.0 Å². The normalized spacial score (nSPS) is 11.0. The molecule has 0 unspecified atom stereocenters. The zero-order chi connectivity index (χ0) is 36.1. The van der Waals surface area contributed by atoms with Crippen LogP contribution in [0.3, 0.4) is 0 Å². The number of nitrogens with zero attached hydrogens (tertiary/aromatic N) is 6. The monoisotopic (exact) mass is 682 g/mol. The van der Waals surface area contributed by atoms with E-state index in [1.54, 1.807) is 60.7 Å². The average Bonchev–Trinajstić information content (AvgIpc) is 3.19. The molecule has 8 rings (SSSR count). The highest BCUT2D eigenvalue weighted by atomic mass is 19.2. The van der Waals surface area contributed by atoms with Gasteiger partial charge >= 0.3 is 0 Å². The Morgan fingerprint density at radius 1 is 0.538 bits per heavy atom. The number of aromatic nitrogens is 3. The van der Waals surface area contributed by atoms with Crippen molar-refractivity contribution in [3.63, 3.8) is 0 Å². The molecular formula is C42H18F4N6. The molecule has 0 aliphatic heterocycles. The van der Waals surface area contributed by atoms with Gasteiger partial charge in [-0.05, 0) is 47.5 Å². The minimum absolute atomic E-state index is 0.157. The largest absolute Gasteiger partial charge is 0.247 e. The van der Waals surface area contributed by atoms with E-state index in [1.807, 2.05) is 30.3 Å². The van der Waals surface area contributed by atoms with Gasteiger partial charge in [-0.2, -0.15) is 10.5 Å². The first-order valence-electron chi connectivity index (χ1n) is 15.7. The van der Waals surface area contributed by atoms with Crippen molar-refractivity contribution in [2.75, 3.05) is 0 Å². The molecule has 2 heterocycles. The van der Waals surface area contributed by atoms with E-state index in [2.05, 4.69) is 10.9 Å².